The van der Waals surface area contributed by atoms with Gasteiger partial charge in [0.2, 0.25) is 0 Å². The molecule has 1 aromatic rings. The lowest BCUT2D eigenvalue weighted by Gasteiger charge is -2.30. The molecule has 0 spiro atoms. The van der Waals surface area contributed by atoms with Gasteiger partial charge in [0, 0.05) is 24.8 Å². The van der Waals surface area contributed by atoms with Crippen LogP contribution in [-0.2, 0) is 9.53 Å². The number of hydrogen-bond acceptors (Lipinski definition) is 4. The van der Waals surface area contributed by atoms with Crippen molar-refractivity contribution >= 4 is 17.7 Å². The van der Waals surface area contributed by atoms with Gasteiger partial charge in [-0.1, -0.05) is 6.07 Å². The molecule has 0 atom stereocenters. The molecule has 6 nitrogen and oxygen atoms in total. The summed E-state index contributed by atoms with van der Waals surface area (Å²) in [5.41, 5.74) is 0.689. The van der Waals surface area contributed by atoms with Gasteiger partial charge in [-0.25, -0.2) is 4.79 Å². The Kier molecular flexibility index (Phi) is 5.03. The maximum atomic E-state index is 12.2. The second-order valence-electron chi connectivity index (χ2n) is 4.95. The molecule has 0 aromatic heterocycles. The summed E-state index contributed by atoms with van der Waals surface area (Å²) in [6, 6.07) is 7.04. The first kappa shape index (κ1) is 15.2. The van der Waals surface area contributed by atoms with Crippen molar-refractivity contribution < 1.29 is 19.1 Å². The molecule has 0 aliphatic carbocycles. The molecule has 0 radical (unpaired) electrons. The van der Waals surface area contributed by atoms with Crippen molar-refractivity contribution in [1.82, 2.24) is 4.90 Å². The quantitative estimate of drug-likeness (QED) is 0.866. The fourth-order valence-corrected chi connectivity index (χ4v) is 2.39. The number of esters is 1. The number of methoxy groups -OCH3 is 2. The zero-order chi connectivity index (χ0) is 15.2. The average Bonchev–Trinajstić information content (AvgIpc) is 2.54. The van der Waals surface area contributed by atoms with Crippen molar-refractivity contribution in [3.8, 4) is 5.75 Å². The number of amides is 2. The molecule has 1 heterocycles. The highest BCUT2D eigenvalue weighted by Crippen LogP contribution is 2.21. The van der Waals surface area contributed by atoms with Crippen LogP contribution in [0.2, 0.25) is 0 Å². The second kappa shape index (κ2) is 6.97. The fourth-order valence-electron chi connectivity index (χ4n) is 2.39. The van der Waals surface area contributed by atoms with E-state index in [2.05, 4.69) is 5.32 Å². The van der Waals surface area contributed by atoms with Gasteiger partial charge in [-0.2, -0.15) is 0 Å². The Hall–Kier alpha value is -2.24. The number of carbonyl (C=O) groups excluding carboxylic acids is 2. The molecular formula is C15H20N2O4. The van der Waals surface area contributed by atoms with Gasteiger partial charge in [0.1, 0.15) is 5.75 Å². The van der Waals surface area contributed by atoms with Gasteiger partial charge in [0.25, 0.3) is 0 Å². The third kappa shape index (κ3) is 3.87. The summed E-state index contributed by atoms with van der Waals surface area (Å²) >= 11 is 0. The maximum Gasteiger partial charge on any atom is 0.321 e. The van der Waals surface area contributed by atoms with Crippen molar-refractivity contribution in [3.63, 3.8) is 0 Å². The molecule has 0 bridgehead atoms. The van der Waals surface area contributed by atoms with Crippen LogP contribution in [0.3, 0.4) is 0 Å². The lowest BCUT2D eigenvalue weighted by molar-refractivity contribution is -0.146. The van der Waals surface area contributed by atoms with Crippen LogP contribution >= 0.6 is 0 Å². The number of anilines is 1. The van der Waals surface area contributed by atoms with Crippen LogP contribution in [0.5, 0.6) is 5.75 Å². The summed E-state index contributed by atoms with van der Waals surface area (Å²) in [6.45, 7) is 1.10. The highest BCUT2D eigenvalue weighted by Gasteiger charge is 2.27. The molecule has 2 amide bonds. The van der Waals surface area contributed by atoms with E-state index >= 15 is 0 Å². The number of hydrogen-bond donors (Lipinski definition) is 1. The molecular weight excluding hydrogens is 272 g/mol. The number of rotatable bonds is 3. The minimum Gasteiger partial charge on any atom is -0.497 e. The van der Waals surface area contributed by atoms with E-state index in [1.54, 1.807) is 18.1 Å². The molecule has 1 saturated heterocycles. The minimum absolute atomic E-state index is 0.101. The Morgan fingerprint density at radius 1 is 1.24 bits per heavy atom. The van der Waals surface area contributed by atoms with E-state index in [4.69, 9.17) is 9.47 Å². The normalized spacial score (nSPS) is 15.4. The topological polar surface area (TPSA) is 67.9 Å². The van der Waals surface area contributed by atoms with Crippen LogP contribution in [0.15, 0.2) is 24.3 Å². The van der Waals surface area contributed by atoms with Gasteiger partial charge in [-0.05, 0) is 25.0 Å². The van der Waals surface area contributed by atoms with Crippen LogP contribution in [0.25, 0.3) is 0 Å². The largest absolute Gasteiger partial charge is 0.497 e. The van der Waals surface area contributed by atoms with Crippen LogP contribution in [0.1, 0.15) is 12.8 Å². The van der Waals surface area contributed by atoms with Gasteiger partial charge in [0.15, 0.2) is 0 Å². The van der Waals surface area contributed by atoms with Crippen molar-refractivity contribution in [2.24, 2.45) is 5.92 Å². The van der Waals surface area contributed by atoms with Gasteiger partial charge in [-0.15, -0.1) is 0 Å². The van der Waals surface area contributed by atoms with Crippen LogP contribution < -0.4 is 10.1 Å². The highest BCUT2D eigenvalue weighted by atomic mass is 16.5. The molecule has 1 aromatic carbocycles. The molecule has 1 aliphatic heterocycles. The van der Waals surface area contributed by atoms with Gasteiger partial charge in [-0.3, -0.25) is 4.79 Å². The molecule has 1 N–H and O–H groups in total. The zero-order valence-corrected chi connectivity index (χ0v) is 12.3. The lowest BCUT2D eigenvalue weighted by atomic mass is 9.97. The summed E-state index contributed by atoms with van der Waals surface area (Å²) in [5, 5.41) is 2.84. The standard InChI is InChI=1S/C15H20N2O4/c1-20-13-5-3-4-12(10-13)16-15(19)17-8-6-11(7-9-17)14(18)21-2/h3-5,10-11H,6-9H2,1-2H3,(H,16,19). The van der Waals surface area contributed by atoms with Gasteiger partial charge in [0.05, 0.1) is 20.1 Å². The fraction of sp³-hybridized carbons (Fsp3) is 0.467. The Labute approximate surface area is 124 Å². The number of nitrogens with zero attached hydrogens (tertiary/aromatic N) is 1. The van der Waals surface area contributed by atoms with E-state index in [9.17, 15) is 9.59 Å². The van der Waals surface area contributed by atoms with E-state index in [-0.39, 0.29) is 17.9 Å². The molecule has 114 valence electrons. The Morgan fingerprint density at radius 3 is 2.57 bits per heavy atom. The van der Waals surface area contributed by atoms with Gasteiger partial charge < -0.3 is 19.7 Å². The predicted molar refractivity (Wildman–Crippen MR) is 78.3 cm³/mol. The summed E-state index contributed by atoms with van der Waals surface area (Å²) in [6.07, 6.45) is 1.27. The minimum atomic E-state index is -0.192. The Balaban J connectivity index is 1.88. The summed E-state index contributed by atoms with van der Waals surface area (Å²) < 4.78 is 9.85. The third-order valence-corrected chi connectivity index (χ3v) is 3.64. The zero-order valence-electron chi connectivity index (χ0n) is 12.3. The summed E-state index contributed by atoms with van der Waals surface area (Å²) in [7, 11) is 2.97. The number of benzene rings is 1. The number of likely N-dealkylation sites (tertiary alicyclic amines) is 1. The highest BCUT2D eigenvalue weighted by molar-refractivity contribution is 5.89. The molecule has 0 unspecified atom stereocenters. The van der Waals surface area contributed by atoms with Crippen molar-refractivity contribution in [2.75, 3.05) is 32.6 Å². The lowest BCUT2D eigenvalue weighted by Crippen LogP contribution is -2.42. The summed E-state index contributed by atoms with van der Waals surface area (Å²) in [4.78, 5) is 25.3. The van der Waals surface area contributed by atoms with Crippen LogP contribution in [-0.4, -0.2) is 44.2 Å². The first-order valence-electron chi connectivity index (χ1n) is 6.92. The molecule has 1 aliphatic rings. The van der Waals surface area contributed by atoms with Crippen molar-refractivity contribution in [1.29, 1.82) is 0 Å². The predicted octanol–water partition coefficient (Wildman–Crippen LogP) is 2.11. The maximum absolute atomic E-state index is 12.2. The van der Waals surface area contributed by atoms with Gasteiger partial charge >= 0.3 is 12.0 Å². The number of urea groups is 1. The van der Waals surface area contributed by atoms with E-state index in [1.807, 2.05) is 18.2 Å². The molecule has 6 heteroatoms. The third-order valence-electron chi connectivity index (χ3n) is 3.64. The van der Waals surface area contributed by atoms with E-state index < -0.39 is 0 Å². The van der Waals surface area contributed by atoms with Crippen molar-refractivity contribution in [3.05, 3.63) is 24.3 Å². The molecule has 2 rings (SSSR count). The molecule has 1 fully saturated rings. The smallest absolute Gasteiger partial charge is 0.321 e. The monoisotopic (exact) mass is 292 g/mol. The number of nitrogens with one attached hydrogen (secondary N) is 1. The van der Waals surface area contributed by atoms with Crippen molar-refractivity contribution in [2.45, 2.75) is 12.8 Å². The Morgan fingerprint density at radius 2 is 1.95 bits per heavy atom. The second-order valence-corrected chi connectivity index (χ2v) is 4.95. The molecule has 0 saturated carbocycles. The van der Waals surface area contributed by atoms with E-state index in [0.29, 0.717) is 37.4 Å². The Bertz CT molecular complexity index is 510. The van der Waals surface area contributed by atoms with E-state index in [0.717, 1.165) is 0 Å². The van der Waals surface area contributed by atoms with Crippen LogP contribution in [0.4, 0.5) is 10.5 Å². The SMILES string of the molecule is COC(=O)C1CCN(C(=O)Nc2cccc(OC)c2)CC1. The van der Waals surface area contributed by atoms with Crippen LogP contribution in [0, 0.1) is 5.92 Å². The number of piperidine rings is 1. The number of ether oxygens (including phenoxy) is 2. The molecule has 21 heavy (non-hydrogen) atoms. The summed E-state index contributed by atoms with van der Waals surface area (Å²) in [5.74, 6) is 0.399. The average molecular weight is 292 g/mol. The number of carbonyl (C=O) groups is 2. The first-order chi connectivity index (χ1) is 10.1. The van der Waals surface area contributed by atoms with E-state index in [1.165, 1.54) is 7.11 Å². The first-order valence-corrected chi connectivity index (χ1v) is 6.92.